The maximum absolute atomic E-state index is 12.5. The molecule has 0 aromatic heterocycles. The molecule has 0 spiro atoms. The zero-order chi connectivity index (χ0) is 15.3. The SMILES string of the molecule is CCC(CBr)NC(=O)CC12CC3CC(C)(CC(C)(C3)C1)C2. The number of alkyl halides is 1. The highest BCUT2D eigenvalue weighted by molar-refractivity contribution is 9.09. The van der Waals surface area contributed by atoms with Crippen molar-refractivity contribution in [2.75, 3.05) is 5.33 Å². The minimum Gasteiger partial charge on any atom is -0.353 e. The molecular formula is C18H30BrNO. The molecule has 4 aliphatic carbocycles. The molecule has 0 aromatic carbocycles. The number of carbonyl (C=O) groups is 1. The van der Waals surface area contributed by atoms with Crippen LogP contribution in [0.2, 0.25) is 0 Å². The summed E-state index contributed by atoms with van der Waals surface area (Å²) in [7, 11) is 0. The van der Waals surface area contributed by atoms with Gasteiger partial charge in [0, 0.05) is 17.8 Å². The third kappa shape index (κ3) is 3.04. The first-order valence-corrected chi connectivity index (χ1v) is 9.77. The Morgan fingerprint density at radius 2 is 1.81 bits per heavy atom. The lowest BCUT2D eigenvalue weighted by Crippen LogP contribution is -2.56. The fraction of sp³-hybridized carbons (Fsp3) is 0.944. The van der Waals surface area contributed by atoms with E-state index in [-0.39, 0.29) is 11.9 Å². The summed E-state index contributed by atoms with van der Waals surface area (Å²) in [6.45, 7) is 7.10. The Kier molecular flexibility index (Phi) is 3.96. The molecule has 0 aliphatic heterocycles. The van der Waals surface area contributed by atoms with E-state index in [1.54, 1.807) is 0 Å². The molecule has 3 unspecified atom stereocenters. The van der Waals surface area contributed by atoms with Crippen LogP contribution in [-0.2, 0) is 4.79 Å². The van der Waals surface area contributed by atoms with Crippen molar-refractivity contribution in [1.29, 1.82) is 0 Å². The number of hydrogen-bond donors (Lipinski definition) is 1. The average molecular weight is 356 g/mol. The molecule has 0 saturated heterocycles. The fourth-order valence-corrected chi connectivity index (χ4v) is 7.37. The first-order chi connectivity index (χ1) is 9.79. The summed E-state index contributed by atoms with van der Waals surface area (Å²) >= 11 is 3.50. The van der Waals surface area contributed by atoms with Crippen LogP contribution in [0.4, 0.5) is 0 Å². The zero-order valence-electron chi connectivity index (χ0n) is 13.8. The number of carbonyl (C=O) groups excluding carboxylic acids is 1. The van der Waals surface area contributed by atoms with Crippen LogP contribution < -0.4 is 5.32 Å². The van der Waals surface area contributed by atoms with Gasteiger partial charge in [-0.3, -0.25) is 4.79 Å². The highest BCUT2D eigenvalue weighted by Gasteiger charge is 2.60. The van der Waals surface area contributed by atoms with Gasteiger partial charge >= 0.3 is 0 Å². The molecule has 4 aliphatic rings. The fourth-order valence-electron chi connectivity index (χ4n) is 6.75. The van der Waals surface area contributed by atoms with Crippen molar-refractivity contribution in [3.05, 3.63) is 0 Å². The van der Waals surface area contributed by atoms with E-state index in [2.05, 4.69) is 42.0 Å². The van der Waals surface area contributed by atoms with E-state index < -0.39 is 0 Å². The Hall–Kier alpha value is -0.0500. The normalized spacial score (nSPS) is 45.6. The predicted molar refractivity (Wildman–Crippen MR) is 90.5 cm³/mol. The molecule has 0 aromatic rings. The maximum atomic E-state index is 12.5. The predicted octanol–water partition coefficient (Wildman–Crippen LogP) is 4.66. The van der Waals surface area contributed by atoms with Gasteiger partial charge < -0.3 is 5.32 Å². The largest absolute Gasteiger partial charge is 0.353 e. The molecule has 4 fully saturated rings. The van der Waals surface area contributed by atoms with Crippen molar-refractivity contribution < 1.29 is 4.79 Å². The molecule has 4 saturated carbocycles. The van der Waals surface area contributed by atoms with Gasteiger partial charge in [0.25, 0.3) is 0 Å². The van der Waals surface area contributed by atoms with Crippen molar-refractivity contribution in [3.63, 3.8) is 0 Å². The molecule has 2 nitrogen and oxygen atoms in total. The highest BCUT2D eigenvalue weighted by Crippen LogP contribution is 2.70. The summed E-state index contributed by atoms with van der Waals surface area (Å²) in [5.41, 5.74) is 1.32. The minimum atomic E-state index is 0.287. The van der Waals surface area contributed by atoms with Gasteiger partial charge in [-0.05, 0) is 67.1 Å². The molecule has 3 heteroatoms. The topological polar surface area (TPSA) is 29.1 Å². The molecule has 4 bridgehead atoms. The molecule has 1 amide bonds. The van der Waals surface area contributed by atoms with Crippen LogP contribution in [-0.4, -0.2) is 17.3 Å². The summed E-state index contributed by atoms with van der Waals surface area (Å²) in [5, 5.41) is 4.09. The van der Waals surface area contributed by atoms with Crippen LogP contribution in [0.15, 0.2) is 0 Å². The Morgan fingerprint density at radius 3 is 2.29 bits per heavy atom. The zero-order valence-corrected chi connectivity index (χ0v) is 15.4. The molecule has 0 radical (unpaired) electrons. The second kappa shape index (κ2) is 5.25. The van der Waals surface area contributed by atoms with Crippen molar-refractivity contribution >= 4 is 21.8 Å². The van der Waals surface area contributed by atoms with E-state index in [9.17, 15) is 4.79 Å². The lowest BCUT2D eigenvalue weighted by Gasteiger charge is -2.65. The molecule has 4 rings (SSSR count). The first-order valence-electron chi connectivity index (χ1n) is 8.65. The second-order valence-corrected chi connectivity index (χ2v) is 9.78. The van der Waals surface area contributed by atoms with E-state index in [1.165, 1.54) is 38.5 Å². The van der Waals surface area contributed by atoms with Crippen molar-refractivity contribution in [2.45, 2.75) is 78.2 Å². The second-order valence-electron chi connectivity index (χ2n) is 9.13. The maximum Gasteiger partial charge on any atom is 0.220 e. The summed E-state index contributed by atoms with van der Waals surface area (Å²) in [4.78, 5) is 12.5. The number of nitrogens with one attached hydrogen (secondary N) is 1. The summed E-state index contributed by atoms with van der Waals surface area (Å²) in [6.07, 6.45) is 9.83. The molecule has 21 heavy (non-hydrogen) atoms. The third-order valence-electron chi connectivity index (χ3n) is 6.32. The van der Waals surface area contributed by atoms with E-state index in [1.807, 2.05) is 0 Å². The first kappa shape index (κ1) is 15.8. The van der Waals surface area contributed by atoms with Crippen molar-refractivity contribution in [3.8, 4) is 0 Å². The Balaban J connectivity index is 1.71. The van der Waals surface area contributed by atoms with Gasteiger partial charge in [-0.2, -0.15) is 0 Å². The smallest absolute Gasteiger partial charge is 0.220 e. The average Bonchev–Trinajstić information content (AvgIpc) is 2.30. The van der Waals surface area contributed by atoms with Gasteiger partial charge in [0.05, 0.1) is 0 Å². The molecule has 120 valence electrons. The Labute approximate surface area is 138 Å². The Morgan fingerprint density at radius 1 is 1.19 bits per heavy atom. The van der Waals surface area contributed by atoms with Gasteiger partial charge in [0.15, 0.2) is 0 Å². The molecule has 1 N–H and O–H groups in total. The Bertz CT molecular complexity index is 413. The van der Waals surface area contributed by atoms with Gasteiger partial charge in [-0.1, -0.05) is 36.7 Å². The lowest BCUT2D eigenvalue weighted by molar-refractivity contribution is -0.156. The van der Waals surface area contributed by atoms with Crippen LogP contribution in [0.25, 0.3) is 0 Å². The monoisotopic (exact) mass is 355 g/mol. The van der Waals surface area contributed by atoms with Crippen molar-refractivity contribution in [1.82, 2.24) is 5.32 Å². The summed E-state index contributed by atoms with van der Waals surface area (Å²) in [5.74, 6) is 1.16. The number of amides is 1. The molecule has 0 heterocycles. The summed E-state index contributed by atoms with van der Waals surface area (Å²) < 4.78 is 0. The third-order valence-corrected chi connectivity index (χ3v) is 7.10. The number of hydrogen-bond acceptors (Lipinski definition) is 1. The quantitative estimate of drug-likeness (QED) is 0.713. The van der Waals surface area contributed by atoms with Crippen LogP contribution in [0.1, 0.15) is 72.1 Å². The van der Waals surface area contributed by atoms with Crippen LogP contribution in [0.5, 0.6) is 0 Å². The van der Waals surface area contributed by atoms with Gasteiger partial charge in [-0.25, -0.2) is 0 Å². The highest BCUT2D eigenvalue weighted by atomic mass is 79.9. The minimum absolute atomic E-state index is 0.287. The molecular weight excluding hydrogens is 326 g/mol. The van der Waals surface area contributed by atoms with Crippen molar-refractivity contribution in [2.24, 2.45) is 22.2 Å². The van der Waals surface area contributed by atoms with E-state index in [4.69, 9.17) is 0 Å². The lowest BCUT2D eigenvalue weighted by atomic mass is 9.40. The van der Waals surface area contributed by atoms with Crippen LogP contribution >= 0.6 is 15.9 Å². The van der Waals surface area contributed by atoms with E-state index in [0.29, 0.717) is 16.2 Å². The van der Waals surface area contributed by atoms with Gasteiger partial charge in [-0.15, -0.1) is 0 Å². The van der Waals surface area contributed by atoms with Gasteiger partial charge in [0.2, 0.25) is 5.91 Å². The number of halogens is 1. The molecule has 3 atom stereocenters. The van der Waals surface area contributed by atoms with Crippen LogP contribution in [0, 0.1) is 22.2 Å². The van der Waals surface area contributed by atoms with E-state index in [0.717, 1.165) is 24.1 Å². The summed E-state index contributed by atoms with van der Waals surface area (Å²) in [6, 6.07) is 0.289. The standard InChI is InChI=1S/C18H30BrNO/c1-4-14(9-19)20-15(21)8-18-7-13-5-16(2,11-18)10-17(3,6-13)12-18/h13-14H,4-12H2,1-3H3,(H,20,21). The van der Waals surface area contributed by atoms with E-state index >= 15 is 0 Å². The van der Waals surface area contributed by atoms with Crippen LogP contribution in [0.3, 0.4) is 0 Å². The van der Waals surface area contributed by atoms with Gasteiger partial charge in [0.1, 0.15) is 0 Å². The number of rotatable bonds is 5.